The number of aryl methyl sites for hydroxylation is 1. The molecule has 18 heavy (non-hydrogen) atoms. The second-order valence-electron chi connectivity index (χ2n) is 4.35. The van der Waals surface area contributed by atoms with E-state index >= 15 is 0 Å². The molecule has 4 nitrogen and oxygen atoms in total. The number of aliphatic hydroxyl groups excluding tert-OH is 1. The van der Waals surface area contributed by atoms with Gasteiger partial charge in [0, 0.05) is 38.1 Å². The summed E-state index contributed by atoms with van der Waals surface area (Å²) in [5.74, 6) is -0.338. The third-order valence-electron chi connectivity index (χ3n) is 2.74. The Morgan fingerprint density at radius 2 is 2.11 bits per heavy atom. The van der Waals surface area contributed by atoms with Crippen molar-refractivity contribution in [3.63, 3.8) is 0 Å². The van der Waals surface area contributed by atoms with Crippen molar-refractivity contribution in [1.82, 2.24) is 9.78 Å². The van der Waals surface area contributed by atoms with Crippen molar-refractivity contribution < 1.29 is 9.50 Å². The first-order valence-corrected chi connectivity index (χ1v) is 5.67. The van der Waals surface area contributed by atoms with Crippen LogP contribution in [-0.4, -0.2) is 21.9 Å². The van der Waals surface area contributed by atoms with E-state index in [-0.39, 0.29) is 12.4 Å². The summed E-state index contributed by atoms with van der Waals surface area (Å²) in [5, 5.41) is 13.2. The lowest BCUT2D eigenvalue weighted by molar-refractivity contribution is 0.281. The minimum Gasteiger partial charge on any atom is -0.392 e. The number of benzene rings is 1. The smallest absolute Gasteiger partial charge is 0.125 e. The first-order valence-electron chi connectivity index (χ1n) is 5.67. The van der Waals surface area contributed by atoms with Gasteiger partial charge in [0.1, 0.15) is 5.82 Å². The van der Waals surface area contributed by atoms with Gasteiger partial charge in [0.25, 0.3) is 0 Å². The maximum absolute atomic E-state index is 13.4. The fourth-order valence-electron chi connectivity index (χ4n) is 1.86. The molecule has 5 heteroatoms. The molecule has 1 N–H and O–H groups in total. The topological polar surface area (TPSA) is 41.3 Å². The molecule has 0 aliphatic heterocycles. The predicted molar refractivity (Wildman–Crippen MR) is 67.6 cm³/mol. The summed E-state index contributed by atoms with van der Waals surface area (Å²) in [6.45, 7) is 0.480. The number of nitrogens with zero attached hydrogens (tertiary/aromatic N) is 3. The van der Waals surface area contributed by atoms with Gasteiger partial charge in [0.15, 0.2) is 0 Å². The molecule has 1 heterocycles. The van der Waals surface area contributed by atoms with Crippen LogP contribution < -0.4 is 4.90 Å². The minimum absolute atomic E-state index is 0.161. The zero-order chi connectivity index (χ0) is 13.1. The molecule has 1 aromatic heterocycles. The van der Waals surface area contributed by atoms with Crippen molar-refractivity contribution in [2.24, 2.45) is 7.05 Å². The fraction of sp³-hybridized carbons (Fsp3) is 0.308. The zero-order valence-electron chi connectivity index (χ0n) is 10.5. The van der Waals surface area contributed by atoms with Gasteiger partial charge in [-0.25, -0.2) is 4.39 Å². The Bertz CT molecular complexity index is 539. The molecule has 96 valence electrons. The van der Waals surface area contributed by atoms with Crippen LogP contribution in [0.2, 0.25) is 0 Å². The summed E-state index contributed by atoms with van der Waals surface area (Å²) in [4.78, 5) is 1.92. The van der Waals surface area contributed by atoms with Crippen molar-refractivity contribution in [3.8, 4) is 0 Å². The van der Waals surface area contributed by atoms with Crippen molar-refractivity contribution in [2.75, 3.05) is 11.9 Å². The van der Waals surface area contributed by atoms with E-state index in [0.29, 0.717) is 12.1 Å². The molecule has 0 amide bonds. The average Bonchev–Trinajstić information content (AvgIpc) is 2.73. The Balaban J connectivity index is 2.17. The van der Waals surface area contributed by atoms with Gasteiger partial charge in [-0.15, -0.1) is 0 Å². The largest absolute Gasteiger partial charge is 0.392 e. The van der Waals surface area contributed by atoms with Crippen LogP contribution in [0, 0.1) is 5.82 Å². The van der Waals surface area contributed by atoms with Gasteiger partial charge in [0.2, 0.25) is 0 Å². The molecular weight excluding hydrogens is 233 g/mol. The second kappa shape index (κ2) is 5.18. The molecule has 0 spiro atoms. The molecule has 0 saturated heterocycles. The van der Waals surface area contributed by atoms with Crippen molar-refractivity contribution in [3.05, 3.63) is 47.5 Å². The van der Waals surface area contributed by atoms with Gasteiger partial charge in [-0.3, -0.25) is 4.68 Å². The molecule has 0 aliphatic rings. The van der Waals surface area contributed by atoms with E-state index in [2.05, 4.69) is 5.10 Å². The van der Waals surface area contributed by atoms with Gasteiger partial charge < -0.3 is 10.0 Å². The predicted octanol–water partition coefficient (Wildman–Crippen LogP) is 1.69. The van der Waals surface area contributed by atoms with Gasteiger partial charge in [-0.1, -0.05) is 0 Å². The van der Waals surface area contributed by atoms with Gasteiger partial charge in [0.05, 0.1) is 12.8 Å². The summed E-state index contributed by atoms with van der Waals surface area (Å²) in [7, 11) is 3.73. The average molecular weight is 249 g/mol. The number of aromatic nitrogens is 2. The number of halogens is 1. The Morgan fingerprint density at radius 3 is 2.72 bits per heavy atom. The van der Waals surface area contributed by atoms with Crippen LogP contribution in [0.3, 0.4) is 0 Å². The zero-order valence-corrected chi connectivity index (χ0v) is 10.5. The Labute approximate surface area is 105 Å². The van der Waals surface area contributed by atoms with Crippen LogP contribution in [0.1, 0.15) is 11.1 Å². The van der Waals surface area contributed by atoms with Gasteiger partial charge in [-0.05, 0) is 23.8 Å². The summed E-state index contributed by atoms with van der Waals surface area (Å²) < 4.78 is 15.1. The van der Waals surface area contributed by atoms with E-state index < -0.39 is 0 Å². The molecule has 0 aliphatic carbocycles. The van der Waals surface area contributed by atoms with E-state index in [1.54, 1.807) is 16.9 Å². The second-order valence-corrected chi connectivity index (χ2v) is 4.35. The maximum atomic E-state index is 13.4. The standard InChI is InChI=1S/C13H16FN3O/c1-16(7-11-6-15-17(2)8-11)13-4-10(9-18)3-12(14)5-13/h3-6,8,18H,7,9H2,1-2H3. The summed E-state index contributed by atoms with van der Waals surface area (Å²) in [6.07, 6.45) is 3.70. The lowest BCUT2D eigenvalue weighted by Crippen LogP contribution is -2.16. The highest BCUT2D eigenvalue weighted by Gasteiger charge is 2.07. The van der Waals surface area contributed by atoms with Gasteiger partial charge in [-0.2, -0.15) is 5.10 Å². The fourth-order valence-corrected chi connectivity index (χ4v) is 1.86. The highest BCUT2D eigenvalue weighted by Crippen LogP contribution is 2.19. The monoisotopic (exact) mass is 249 g/mol. The van der Waals surface area contributed by atoms with E-state index in [0.717, 1.165) is 11.3 Å². The number of rotatable bonds is 4. The summed E-state index contributed by atoms with van der Waals surface area (Å²) >= 11 is 0. The summed E-state index contributed by atoms with van der Waals surface area (Å²) in [6, 6.07) is 4.57. The molecule has 1 aromatic carbocycles. The summed E-state index contributed by atoms with van der Waals surface area (Å²) in [5.41, 5.74) is 2.36. The molecule has 0 fully saturated rings. The first kappa shape index (κ1) is 12.6. The van der Waals surface area contributed by atoms with E-state index in [9.17, 15) is 4.39 Å². The maximum Gasteiger partial charge on any atom is 0.125 e. The van der Waals surface area contributed by atoms with Crippen LogP contribution in [-0.2, 0) is 20.2 Å². The lowest BCUT2D eigenvalue weighted by Gasteiger charge is -2.19. The lowest BCUT2D eigenvalue weighted by atomic mass is 10.2. The molecule has 0 radical (unpaired) electrons. The van der Waals surface area contributed by atoms with E-state index in [1.807, 2.05) is 25.2 Å². The van der Waals surface area contributed by atoms with Crippen LogP contribution in [0.25, 0.3) is 0 Å². The van der Waals surface area contributed by atoms with Crippen molar-refractivity contribution in [2.45, 2.75) is 13.2 Å². The molecular formula is C13H16FN3O. The molecule has 0 atom stereocenters. The van der Waals surface area contributed by atoms with Crippen LogP contribution in [0.15, 0.2) is 30.6 Å². The number of hydrogen-bond acceptors (Lipinski definition) is 3. The Hall–Kier alpha value is -1.88. The van der Waals surface area contributed by atoms with Crippen LogP contribution in [0.5, 0.6) is 0 Å². The molecule has 2 rings (SSSR count). The van der Waals surface area contributed by atoms with E-state index in [1.165, 1.54) is 12.1 Å². The highest BCUT2D eigenvalue weighted by molar-refractivity contribution is 5.48. The Morgan fingerprint density at radius 1 is 1.33 bits per heavy atom. The highest BCUT2D eigenvalue weighted by atomic mass is 19.1. The SMILES string of the molecule is CN(Cc1cnn(C)c1)c1cc(F)cc(CO)c1. The minimum atomic E-state index is -0.338. The number of hydrogen-bond donors (Lipinski definition) is 1. The molecule has 0 unspecified atom stereocenters. The number of anilines is 1. The van der Waals surface area contributed by atoms with Gasteiger partial charge >= 0.3 is 0 Å². The van der Waals surface area contributed by atoms with E-state index in [4.69, 9.17) is 5.11 Å². The van der Waals surface area contributed by atoms with Crippen LogP contribution in [0.4, 0.5) is 10.1 Å². The van der Waals surface area contributed by atoms with Crippen molar-refractivity contribution >= 4 is 5.69 Å². The molecule has 0 saturated carbocycles. The number of aliphatic hydroxyl groups is 1. The molecule has 2 aromatic rings. The third kappa shape index (κ3) is 2.87. The first-order chi connectivity index (χ1) is 8.58. The normalized spacial score (nSPS) is 10.7. The third-order valence-corrected chi connectivity index (χ3v) is 2.74. The quantitative estimate of drug-likeness (QED) is 0.896. The van der Waals surface area contributed by atoms with Crippen molar-refractivity contribution in [1.29, 1.82) is 0 Å². The molecule has 0 bridgehead atoms. The Kier molecular flexibility index (Phi) is 3.62. The van der Waals surface area contributed by atoms with Crippen LogP contribution >= 0.6 is 0 Å².